The highest BCUT2D eigenvalue weighted by atomic mass is 16.1. The molecule has 1 aliphatic rings. The predicted octanol–water partition coefficient (Wildman–Crippen LogP) is 0.620. The van der Waals surface area contributed by atoms with Crippen molar-refractivity contribution >= 4 is 5.91 Å². The molecule has 1 aliphatic heterocycles. The van der Waals surface area contributed by atoms with Gasteiger partial charge in [0.15, 0.2) is 0 Å². The van der Waals surface area contributed by atoms with Crippen LogP contribution in [0.3, 0.4) is 0 Å². The van der Waals surface area contributed by atoms with E-state index in [0.29, 0.717) is 6.42 Å². The molecule has 0 bridgehead atoms. The van der Waals surface area contributed by atoms with E-state index in [1.807, 2.05) is 0 Å². The largest absolute Gasteiger partial charge is 0.354 e. The predicted molar refractivity (Wildman–Crippen MR) is 63.1 cm³/mol. The Balaban J connectivity index is 1.94. The van der Waals surface area contributed by atoms with Gasteiger partial charge in [-0.05, 0) is 25.5 Å². The molecule has 88 valence electrons. The van der Waals surface area contributed by atoms with Crippen LogP contribution in [0.1, 0.15) is 23.4 Å². The Kier molecular flexibility index (Phi) is 3.01. The monoisotopic (exact) mass is 221 g/mol. The summed E-state index contributed by atoms with van der Waals surface area (Å²) in [5.41, 5.74) is 3.89. The first kappa shape index (κ1) is 11.2. The van der Waals surface area contributed by atoms with Gasteiger partial charge >= 0.3 is 0 Å². The van der Waals surface area contributed by atoms with Crippen LogP contribution >= 0.6 is 0 Å². The summed E-state index contributed by atoms with van der Waals surface area (Å²) in [6.07, 6.45) is 0.602. The summed E-state index contributed by atoms with van der Waals surface area (Å²) in [6.45, 7) is 5.83. The van der Waals surface area contributed by atoms with E-state index in [4.69, 9.17) is 0 Å². The standard InChI is InChI=1S/C12H19N3O/c1-8-4-10(9(2)15(8)3)6-13-11-5-12(16)14-7-11/h4,11,13H,5-7H2,1-3H3,(H,14,16). The van der Waals surface area contributed by atoms with Gasteiger partial charge in [-0.2, -0.15) is 0 Å². The Morgan fingerprint density at radius 1 is 1.56 bits per heavy atom. The number of rotatable bonds is 3. The van der Waals surface area contributed by atoms with Crippen LogP contribution in [0.5, 0.6) is 0 Å². The van der Waals surface area contributed by atoms with Gasteiger partial charge in [0.25, 0.3) is 0 Å². The number of carbonyl (C=O) groups is 1. The topological polar surface area (TPSA) is 46.1 Å². The van der Waals surface area contributed by atoms with E-state index in [1.165, 1.54) is 17.0 Å². The Morgan fingerprint density at radius 2 is 2.31 bits per heavy atom. The number of hydrogen-bond acceptors (Lipinski definition) is 2. The van der Waals surface area contributed by atoms with Crippen LogP contribution in [-0.4, -0.2) is 23.1 Å². The van der Waals surface area contributed by atoms with Gasteiger partial charge in [-0.1, -0.05) is 0 Å². The molecule has 4 nitrogen and oxygen atoms in total. The van der Waals surface area contributed by atoms with Crippen molar-refractivity contribution < 1.29 is 4.79 Å². The maximum Gasteiger partial charge on any atom is 0.221 e. The normalized spacial score (nSPS) is 20.2. The molecule has 1 amide bonds. The summed E-state index contributed by atoms with van der Waals surface area (Å²) < 4.78 is 2.19. The molecule has 1 fully saturated rings. The van der Waals surface area contributed by atoms with E-state index >= 15 is 0 Å². The molecule has 1 aromatic heterocycles. The van der Waals surface area contributed by atoms with E-state index in [9.17, 15) is 4.79 Å². The van der Waals surface area contributed by atoms with Crippen molar-refractivity contribution in [1.29, 1.82) is 0 Å². The molecular weight excluding hydrogens is 202 g/mol. The van der Waals surface area contributed by atoms with Crippen LogP contribution in [0.15, 0.2) is 6.07 Å². The highest BCUT2D eigenvalue weighted by molar-refractivity contribution is 5.78. The van der Waals surface area contributed by atoms with Crippen molar-refractivity contribution in [3.8, 4) is 0 Å². The smallest absolute Gasteiger partial charge is 0.221 e. The Hall–Kier alpha value is -1.29. The van der Waals surface area contributed by atoms with Crippen molar-refractivity contribution in [1.82, 2.24) is 15.2 Å². The zero-order valence-corrected chi connectivity index (χ0v) is 10.1. The lowest BCUT2D eigenvalue weighted by atomic mass is 10.2. The number of nitrogens with zero attached hydrogens (tertiary/aromatic N) is 1. The second-order valence-electron chi connectivity index (χ2n) is 4.54. The highest BCUT2D eigenvalue weighted by Crippen LogP contribution is 2.13. The Morgan fingerprint density at radius 3 is 2.81 bits per heavy atom. The fourth-order valence-corrected chi connectivity index (χ4v) is 2.12. The molecular formula is C12H19N3O. The molecule has 16 heavy (non-hydrogen) atoms. The van der Waals surface area contributed by atoms with Crippen molar-refractivity contribution in [3.63, 3.8) is 0 Å². The number of aromatic nitrogens is 1. The fourth-order valence-electron chi connectivity index (χ4n) is 2.12. The lowest BCUT2D eigenvalue weighted by Gasteiger charge is -2.10. The van der Waals surface area contributed by atoms with Gasteiger partial charge in [-0.25, -0.2) is 0 Å². The summed E-state index contributed by atoms with van der Waals surface area (Å²) >= 11 is 0. The lowest BCUT2D eigenvalue weighted by Crippen LogP contribution is -2.30. The van der Waals surface area contributed by atoms with Gasteiger partial charge < -0.3 is 15.2 Å². The van der Waals surface area contributed by atoms with E-state index in [1.54, 1.807) is 0 Å². The summed E-state index contributed by atoms with van der Waals surface area (Å²) in [5, 5.41) is 6.24. The van der Waals surface area contributed by atoms with Crippen LogP contribution < -0.4 is 10.6 Å². The van der Waals surface area contributed by atoms with E-state index in [2.05, 4.69) is 42.2 Å². The number of hydrogen-bond donors (Lipinski definition) is 2. The average Bonchev–Trinajstić information content (AvgIpc) is 2.76. The zero-order chi connectivity index (χ0) is 11.7. The minimum Gasteiger partial charge on any atom is -0.354 e. The first-order chi connectivity index (χ1) is 7.58. The van der Waals surface area contributed by atoms with Crippen LogP contribution in [-0.2, 0) is 18.4 Å². The van der Waals surface area contributed by atoms with Crippen molar-refractivity contribution in [2.24, 2.45) is 7.05 Å². The van der Waals surface area contributed by atoms with Crippen LogP contribution in [0.2, 0.25) is 0 Å². The molecule has 0 aromatic carbocycles. The quantitative estimate of drug-likeness (QED) is 0.786. The maximum absolute atomic E-state index is 11.0. The minimum atomic E-state index is 0.151. The second-order valence-corrected chi connectivity index (χ2v) is 4.54. The zero-order valence-electron chi connectivity index (χ0n) is 10.1. The molecule has 2 rings (SSSR count). The van der Waals surface area contributed by atoms with Gasteiger partial charge in [0.1, 0.15) is 0 Å². The number of carbonyl (C=O) groups excluding carboxylic acids is 1. The SMILES string of the molecule is Cc1cc(CNC2CNC(=O)C2)c(C)n1C. The van der Waals surface area contributed by atoms with Gasteiger partial charge in [0.2, 0.25) is 5.91 Å². The first-order valence-corrected chi connectivity index (χ1v) is 5.70. The molecule has 0 aliphatic carbocycles. The van der Waals surface area contributed by atoms with Crippen LogP contribution in [0.4, 0.5) is 0 Å². The molecule has 2 heterocycles. The summed E-state index contributed by atoms with van der Waals surface area (Å²) in [4.78, 5) is 11.0. The summed E-state index contributed by atoms with van der Waals surface area (Å²) in [5.74, 6) is 0.151. The molecule has 1 aromatic rings. The van der Waals surface area contributed by atoms with Gasteiger partial charge in [0, 0.05) is 44.0 Å². The lowest BCUT2D eigenvalue weighted by molar-refractivity contribution is -0.119. The molecule has 1 saturated heterocycles. The van der Waals surface area contributed by atoms with E-state index in [0.717, 1.165) is 13.1 Å². The Labute approximate surface area is 96.0 Å². The third-order valence-electron chi connectivity index (χ3n) is 3.44. The van der Waals surface area contributed by atoms with Crippen molar-refractivity contribution in [2.45, 2.75) is 32.9 Å². The van der Waals surface area contributed by atoms with E-state index in [-0.39, 0.29) is 11.9 Å². The number of nitrogens with one attached hydrogen (secondary N) is 2. The number of amides is 1. The average molecular weight is 221 g/mol. The summed E-state index contributed by atoms with van der Waals surface area (Å²) in [7, 11) is 2.08. The third kappa shape index (κ3) is 2.11. The molecule has 0 spiro atoms. The molecule has 0 radical (unpaired) electrons. The third-order valence-corrected chi connectivity index (χ3v) is 3.44. The summed E-state index contributed by atoms with van der Waals surface area (Å²) in [6, 6.07) is 2.49. The van der Waals surface area contributed by atoms with Crippen LogP contribution in [0, 0.1) is 13.8 Å². The van der Waals surface area contributed by atoms with E-state index < -0.39 is 0 Å². The minimum absolute atomic E-state index is 0.151. The fraction of sp³-hybridized carbons (Fsp3) is 0.583. The van der Waals surface area contributed by atoms with Crippen LogP contribution in [0.25, 0.3) is 0 Å². The van der Waals surface area contributed by atoms with Crippen molar-refractivity contribution in [2.75, 3.05) is 6.54 Å². The molecule has 4 heteroatoms. The Bertz CT molecular complexity index is 409. The highest BCUT2D eigenvalue weighted by Gasteiger charge is 2.20. The molecule has 1 unspecified atom stereocenters. The van der Waals surface area contributed by atoms with Crippen molar-refractivity contribution in [3.05, 3.63) is 23.0 Å². The number of aryl methyl sites for hydroxylation is 1. The molecule has 0 saturated carbocycles. The molecule has 2 N–H and O–H groups in total. The van der Waals surface area contributed by atoms with Gasteiger partial charge in [0.05, 0.1) is 0 Å². The van der Waals surface area contributed by atoms with Gasteiger partial charge in [-0.15, -0.1) is 0 Å². The first-order valence-electron chi connectivity index (χ1n) is 5.70. The maximum atomic E-state index is 11.0. The molecule has 1 atom stereocenters. The van der Waals surface area contributed by atoms with Gasteiger partial charge in [-0.3, -0.25) is 4.79 Å². The second kappa shape index (κ2) is 4.29.